The van der Waals surface area contributed by atoms with Gasteiger partial charge in [0.05, 0.1) is 24.1 Å². The maximum atomic E-state index is 13.9. The van der Waals surface area contributed by atoms with Gasteiger partial charge in [0.1, 0.15) is 17.3 Å². The van der Waals surface area contributed by atoms with Crippen LogP contribution in [0.25, 0.3) is 0 Å². The number of hydrogen-bond donors (Lipinski definition) is 2. The first-order valence-corrected chi connectivity index (χ1v) is 10.2. The lowest BCUT2D eigenvalue weighted by Gasteiger charge is -2.13. The predicted molar refractivity (Wildman–Crippen MR) is 118 cm³/mol. The van der Waals surface area contributed by atoms with Crippen molar-refractivity contribution in [3.8, 4) is 5.75 Å². The molecule has 2 N–H and O–H groups in total. The van der Waals surface area contributed by atoms with Crippen LogP contribution in [0.4, 0.5) is 10.1 Å². The zero-order valence-electron chi connectivity index (χ0n) is 17.7. The molecule has 7 nitrogen and oxygen atoms in total. The van der Waals surface area contributed by atoms with E-state index >= 15 is 0 Å². The Morgan fingerprint density at radius 3 is 2.59 bits per heavy atom. The van der Waals surface area contributed by atoms with Crippen molar-refractivity contribution >= 4 is 23.2 Å². The molecule has 0 radical (unpaired) electrons. The van der Waals surface area contributed by atoms with Crippen LogP contribution in [-0.2, 0) is 6.42 Å². The number of furan rings is 1. The molecule has 0 atom stereocenters. The number of halogens is 1. The van der Waals surface area contributed by atoms with Crippen LogP contribution >= 0.6 is 0 Å². The van der Waals surface area contributed by atoms with E-state index in [4.69, 9.17) is 9.15 Å². The number of benzene rings is 2. The fourth-order valence-corrected chi connectivity index (χ4v) is 3.75. The summed E-state index contributed by atoms with van der Waals surface area (Å²) >= 11 is 0. The summed E-state index contributed by atoms with van der Waals surface area (Å²) in [6.45, 7) is 1.78. The molecule has 0 aliphatic heterocycles. The lowest BCUT2D eigenvalue weighted by Crippen LogP contribution is -2.23. The fourth-order valence-electron chi connectivity index (χ4n) is 3.75. The molecule has 0 unspecified atom stereocenters. The lowest BCUT2D eigenvalue weighted by atomic mass is 9.93. The first-order valence-electron chi connectivity index (χ1n) is 10.2. The van der Waals surface area contributed by atoms with E-state index in [2.05, 4.69) is 15.8 Å². The summed E-state index contributed by atoms with van der Waals surface area (Å²) in [5, 5.41) is 7.04. The van der Waals surface area contributed by atoms with Crippen LogP contribution < -0.4 is 15.5 Å². The Kier molecular flexibility index (Phi) is 6.02. The first kappa shape index (κ1) is 21.3. The van der Waals surface area contributed by atoms with E-state index in [9.17, 15) is 14.0 Å². The van der Waals surface area contributed by atoms with Crippen LogP contribution in [0, 0.1) is 12.7 Å². The SMILES string of the molecule is COc1ccccc1NC(=O)c1oc2c(c1C)/C(=N/NC(=O)c1ccccc1F)CCC2. The molecule has 0 spiro atoms. The van der Waals surface area contributed by atoms with Gasteiger partial charge in [0, 0.05) is 17.5 Å². The van der Waals surface area contributed by atoms with Gasteiger partial charge in [-0.3, -0.25) is 9.59 Å². The monoisotopic (exact) mass is 435 g/mol. The first-order chi connectivity index (χ1) is 15.5. The number of ether oxygens (including phenoxy) is 1. The second-order valence-corrected chi connectivity index (χ2v) is 7.34. The van der Waals surface area contributed by atoms with E-state index in [0.717, 1.165) is 6.42 Å². The molecular weight excluding hydrogens is 413 g/mol. The van der Waals surface area contributed by atoms with Gasteiger partial charge >= 0.3 is 0 Å². The number of methoxy groups -OCH3 is 1. The van der Waals surface area contributed by atoms with Crippen molar-refractivity contribution in [3.05, 3.63) is 82.6 Å². The molecule has 164 valence electrons. The lowest BCUT2D eigenvalue weighted by molar-refractivity contribution is 0.0949. The minimum Gasteiger partial charge on any atom is -0.495 e. The molecule has 8 heteroatoms. The second-order valence-electron chi connectivity index (χ2n) is 7.34. The molecule has 0 saturated heterocycles. The van der Waals surface area contributed by atoms with E-state index in [1.165, 1.54) is 25.3 Å². The zero-order valence-corrected chi connectivity index (χ0v) is 17.7. The number of amides is 2. The standard InChI is InChI=1S/C24H22FN3O4/c1-14-21-18(27-28-23(29)15-8-3-4-9-16(15)25)11-7-13-20(21)32-22(14)24(30)26-17-10-5-6-12-19(17)31-2/h3-6,8-10,12H,7,11,13H2,1-2H3,(H,26,30)(H,28,29)/b27-18+. The molecule has 1 heterocycles. The van der Waals surface area contributed by atoms with Crippen molar-refractivity contribution in [3.63, 3.8) is 0 Å². The molecule has 0 fully saturated rings. The number of carbonyl (C=O) groups is 2. The maximum absolute atomic E-state index is 13.9. The van der Waals surface area contributed by atoms with Crippen LogP contribution in [-0.4, -0.2) is 24.6 Å². The van der Waals surface area contributed by atoms with E-state index in [1.807, 2.05) is 6.07 Å². The van der Waals surface area contributed by atoms with Crippen LogP contribution in [0.3, 0.4) is 0 Å². The number of nitrogens with zero attached hydrogens (tertiary/aromatic N) is 1. The number of fused-ring (bicyclic) bond motifs is 1. The number of rotatable bonds is 5. The Bertz CT molecular complexity index is 1220. The average Bonchev–Trinajstić information content (AvgIpc) is 3.15. The normalized spacial score (nSPS) is 14.0. The van der Waals surface area contributed by atoms with Gasteiger partial charge < -0.3 is 14.5 Å². The largest absolute Gasteiger partial charge is 0.495 e. The van der Waals surface area contributed by atoms with Crippen LogP contribution in [0.2, 0.25) is 0 Å². The van der Waals surface area contributed by atoms with Crippen molar-refractivity contribution in [1.29, 1.82) is 0 Å². The van der Waals surface area contributed by atoms with Gasteiger partial charge in [0.15, 0.2) is 5.76 Å². The smallest absolute Gasteiger partial charge is 0.291 e. The third kappa shape index (κ3) is 4.12. The van der Waals surface area contributed by atoms with Crippen molar-refractivity contribution in [2.24, 2.45) is 5.10 Å². The van der Waals surface area contributed by atoms with Gasteiger partial charge in [-0.05, 0) is 44.0 Å². The van der Waals surface area contributed by atoms with Gasteiger partial charge in [-0.2, -0.15) is 5.10 Å². The minimum absolute atomic E-state index is 0.0892. The quantitative estimate of drug-likeness (QED) is 0.579. The number of hydrogen-bond acceptors (Lipinski definition) is 5. The molecular formula is C24H22FN3O4. The fraction of sp³-hybridized carbons (Fsp3) is 0.208. The van der Waals surface area contributed by atoms with Gasteiger partial charge in [-0.15, -0.1) is 0 Å². The summed E-state index contributed by atoms with van der Waals surface area (Å²) in [7, 11) is 1.53. The number of para-hydroxylation sites is 2. The molecule has 2 aromatic carbocycles. The molecule has 0 bridgehead atoms. The second kappa shape index (κ2) is 9.05. The van der Waals surface area contributed by atoms with E-state index in [0.29, 0.717) is 46.9 Å². The van der Waals surface area contributed by atoms with E-state index in [-0.39, 0.29) is 11.3 Å². The number of nitrogens with one attached hydrogen (secondary N) is 2. The average molecular weight is 435 g/mol. The van der Waals surface area contributed by atoms with Gasteiger partial charge in [0.2, 0.25) is 0 Å². The molecule has 1 aliphatic rings. The third-order valence-corrected chi connectivity index (χ3v) is 5.30. The number of carbonyl (C=O) groups excluding carboxylic acids is 2. The Hall–Kier alpha value is -3.94. The van der Waals surface area contributed by atoms with Crippen LogP contribution in [0.1, 0.15) is 50.6 Å². The number of anilines is 1. The van der Waals surface area contributed by atoms with E-state index in [1.54, 1.807) is 31.2 Å². The summed E-state index contributed by atoms with van der Waals surface area (Å²) in [5.74, 6) is -0.319. The molecule has 32 heavy (non-hydrogen) atoms. The Balaban J connectivity index is 1.59. The summed E-state index contributed by atoms with van der Waals surface area (Å²) in [6.07, 6.45) is 2.00. The Labute approximate surface area is 184 Å². The Morgan fingerprint density at radius 1 is 1.06 bits per heavy atom. The van der Waals surface area contributed by atoms with Gasteiger partial charge in [0.25, 0.3) is 11.8 Å². The zero-order chi connectivity index (χ0) is 22.7. The van der Waals surface area contributed by atoms with Crippen LogP contribution in [0.15, 0.2) is 58.0 Å². The Morgan fingerprint density at radius 2 is 1.81 bits per heavy atom. The van der Waals surface area contributed by atoms with Crippen molar-refractivity contribution in [1.82, 2.24) is 5.43 Å². The topological polar surface area (TPSA) is 92.9 Å². The van der Waals surface area contributed by atoms with Crippen LogP contribution in [0.5, 0.6) is 5.75 Å². The molecule has 4 rings (SSSR count). The highest BCUT2D eigenvalue weighted by molar-refractivity contribution is 6.10. The molecule has 0 saturated carbocycles. The highest BCUT2D eigenvalue weighted by Gasteiger charge is 2.28. The predicted octanol–water partition coefficient (Wildman–Crippen LogP) is 4.46. The highest BCUT2D eigenvalue weighted by atomic mass is 19.1. The summed E-state index contributed by atoms with van der Waals surface area (Å²) in [5.41, 5.74) is 4.79. The molecule has 1 aromatic heterocycles. The number of hydrazone groups is 1. The summed E-state index contributed by atoms with van der Waals surface area (Å²) < 4.78 is 25.0. The summed E-state index contributed by atoms with van der Waals surface area (Å²) in [4.78, 5) is 25.2. The van der Waals surface area contributed by atoms with Gasteiger partial charge in [-0.25, -0.2) is 9.82 Å². The highest BCUT2D eigenvalue weighted by Crippen LogP contribution is 2.31. The minimum atomic E-state index is -0.641. The maximum Gasteiger partial charge on any atom is 0.291 e. The van der Waals surface area contributed by atoms with Gasteiger partial charge in [-0.1, -0.05) is 24.3 Å². The molecule has 2 amide bonds. The van der Waals surface area contributed by atoms with Crippen molar-refractivity contribution < 1.29 is 23.1 Å². The third-order valence-electron chi connectivity index (χ3n) is 5.30. The molecule has 1 aliphatic carbocycles. The van der Waals surface area contributed by atoms with E-state index < -0.39 is 17.6 Å². The number of aryl methyl sites for hydroxylation is 1. The molecule has 3 aromatic rings. The van der Waals surface area contributed by atoms with Crippen molar-refractivity contribution in [2.75, 3.05) is 12.4 Å². The van der Waals surface area contributed by atoms with Crippen molar-refractivity contribution in [2.45, 2.75) is 26.2 Å². The summed E-state index contributed by atoms with van der Waals surface area (Å²) in [6, 6.07) is 12.8.